The number of rotatable bonds is 12. The summed E-state index contributed by atoms with van der Waals surface area (Å²) in [5.74, 6) is 1.98. The Morgan fingerprint density at radius 1 is 0.529 bits per heavy atom. The van der Waals surface area contributed by atoms with Crippen LogP contribution >= 0.6 is 0 Å². The second-order valence-electron chi connectivity index (χ2n) is 11.0. The van der Waals surface area contributed by atoms with Gasteiger partial charge in [0.05, 0.1) is 0 Å². The third-order valence-corrected chi connectivity index (χ3v) is 8.28. The van der Waals surface area contributed by atoms with Gasteiger partial charge in [0.1, 0.15) is 0 Å². The molecule has 3 aromatic carbocycles. The molecular formula is C34H46. The second-order valence-corrected chi connectivity index (χ2v) is 11.0. The molecule has 0 atom stereocenters. The van der Waals surface area contributed by atoms with Gasteiger partial charge in [-0.25, -0.2) is 0 Å². The molecule has 0 heterocycles. The van der Waals surface area contributed by atoms with Gasteiger partial charge in [0.15, 0.2) is 0 Å². The molecule has 0 heteroatoms. The van der Waals surface area contributed by atoms with Gasteiger partial charge in [-0.05, 0) is 76.6 Å². The van der Waals surface area contributed by atoms with E-state index in [9.17, 15) is 0 Å². The molecule has 0 unspecified atom stereocenters. The molecule has 0 nitrogen and oxygen atoms in total. The number of fused-ring (bicyclic) bond motifs is 1. The fraction of sp³-hybridized carbons (Fsp3) is 0.529. The summed E-state index contributed by atoms with van der Waals surface area (Å²) in [6.07, 6.45) is 19.3. The SMILES string of the molecule is CCCCCc1ccc2cc(-c3ccc(CCC4CCC(CCCCC)CC4)cc3)ccc2c1. The van der Waals surface area contributed by atoms with Crippen LogP contribution in [0, 0.1) is 11.8 Å². The second kappa shape index (κ2) is 13.1. The lowest BCUT2D eigenvalue weighted by Gasteiger charge is -2.28. The molecule has 34 heavy (non-hydrogen) atoms. The van der Waals surface area contributed by atoms with E-state index in [1.165, 1.54) is 123 Å². The van der Waals surface area contributed by atoms with Gasteiger partial charge >= 0.3 is 0 Å². The van der Waals surface area contributed by atoms with Crippen LogP contribution < -0.4 is 0 Å². The standard InChI is InChI=1S/C34H46/c1-3-5-7-9-27-11-13-28(14-12-27)15-16-29-17-20-31(21-18-29)33-24-23-32-25-30(10-8-6-4-2)19-22-34(32)26-33/h17-28H,3-16H2,1-2H3. The number of aryl methyl sites for hydroxylation is 2. The monoisotopic (exact) mass is 454 g/mol. The lowest BCUT2D eigenvalue weighted by Crippen LogP contribution is -2.15. The van der Waals surface area contributed by atoms with E-state index in [0.29, 0.717) is 0 Å². The molecule has 1 fully saturated rings. The summed E-state index contributed by atoms with van der Waals surface area (Å²) in [6.45, 7) is 4.59. The van der Waals surface area contributed by atoms with Crippen LogP contribution in [0.15, 0.2) is 60.7 Å². The number of unbranched alkanes of at least 4 members (excludes halogenated alkanes) is 4. The Balaban J connectivity index is 1.28. The maximum absolute atomic E-state index is 2.39. The van der Waals surface area contributed by atoms with Crippen LogP contribution in [0.25, 0.3) is 21.9 Å². The molecule has 0 aliphatic heterocycles. The van der Waals surface area contributed by atoms with Crippen molar-refractivity contribution in [2.75, 3.05) is 0 Å². The zero-order chi connectivity index (χ0) is 23.6. The van der Waals surface area contributed by atoms with Gasteiger partial charge in [-0.3, -0.25) is 0 Å². The van der Waals surface area contributed by atoms with Gasteiger partial charge in [-0.15, -0.1) is 0 Å². The largest absolute Gasteiger partial charge is 0.0654 e. The zero-order valence-electron chi connectivity index (χ0n) is 21.8. The third kappa shape index (κ3) is 7.21. The summed E-state index contributed by atoms with van der Waals surface area (Å²) in [5.41, 5.74) is 5.65. The van der Waals surface area contributed by atoms with E-state index in [0.717, 1.165) is 11.8 Å². The average molecular weight is 455 g/mol. The Hall–Kier alpha value is -2.08. The van der Waals surface area contributed by atoms with Gasteiger partial charge in [0.2, 0.25) is 0 Å². The Bertz CT molecular complexity index is 988. The maximum atomic E-state index is 2.39. The molecule has 3 aromatic rings. The fourth-order valence-electron chi connectivity index (χ4n) is 5.94. The van der Waals surface area contributed by atoms with Crippen molar-refractivity contribution in [3.63, 3.8) is 0 Å². The van der Waals surface area contributed by atoms with Crippen molar-refractivity contribution in [2.24, 2.45) is 11.8 Å². The first-order chi connectivity index (χ1) is 16.7. The van der Waals surface area contributed by atoms with Crippen LogP contribution in [0.5, 0.6) is 0 Å². The highest BCUT2D eigenvalue weighted by molar-refractivity contribution is 5.87. The van der Waals surface area contributed by atoms with Crippen LogP contribution in [0.3, 0.4) is 0 Å². The molecule has 0 saturated heterocycles. The van der Waals surface area contributed by atoms with E-state index in [-0.39, 0.29) is 0 Å². The normalized spacial score (nSPS) is 18.4. The molecule has 0 aromatic heterocycles. The van der Waals surface area contributed by atoms with Crippen LogP contribution in [0.1, 0.15) is 102 Å². The lowest BCUT2D eigenvalue weighted by molar-refractivity contribution is 0.249. The molecule has 0 N–H and O–H groups in total. The molecule has 0 amide bonds. The van der Waals surface area contributed by atoms with E-state index < -0.39 is 0 Å². The first kappa shape index (κ1) is 25.0. The Morgan fingerprint density at radius 2 is 1.12 bits per heavy atom. The first-order valence-corrected chi connectivity index (χ1v) is 14.4. The minimum absolute atomic E-state index is 0.953. The number of hydrogen-bond acceptors (Lipinski definition) is 0. The smallest absolute Gasteiger partial charge is 0.0178 e. The van der Waals surface area contributed by atoms with Crippen LogP contribution in [-0.2, 0) is 12.8 Å². The highest BCUT2D eigenvalue weighted by Gasteiger charge is 2.20. The van der Waals surface area contributed by atoms with E-state index in [4.69, 9.17) is 0 Å². The van der Waals surface area contributed by atoms with Crippen molar-refractivity contribution in [2.45, 2.75) is 104 Å². The van der Waals surface area contributed by atoms with Crippen molar-refractivity contribution in [1.29, 1.82) is 0 Å². The van der Waals surface area contributed by atoms with Crippen molar-refractivity contribution >= 4 is 10.8 Å². The van der Waals surface area contributed by atoms with Gasteiger partial charge in [0.25, 0.3) is 0 Å². The lowest BCUT2D eigenvalue weighted by atomic mass is 9.78. The van der Waals surface area contributed by atoms with Gasteiger partial charge in [-0.1, -0.05) is 133 Å². The van der Waals surface area contributed by atoms with Crippen molar-refractivity contribution in [1.82, 2.24) is 0 Å². The first-order valence-electron chi connectivity index (χ1n) is 14.4. The van der Waals surface area contributed by atoms with E-state index in [1.807, 2.05) is 0 Å². The third-order valence-electron chi connectivity index (χ3n) is 8.28. The average Bonchev–Trinajstić information content (AvgIpc) is 2.88. The minimum Gasteiger partial charge on any atom is -0.0654 e. The predicted molar refractivity (Wildman–Crippen MR) is 151 cm³/mol. The van der Waals surface area contributed by atoms with Crippen molar-refractivity contribution in [3.05, 3.63) is 71.8 Å². The summed E-state index contributed by atoms with van der Waals surface area (Å²) in [4.78, 5) is 0. The Kier molecular flexibility index (Phi) is 9.66. The van der Waals surface area contributed by atoms with Gasteiger partial charge < -0.3 is 0 Å². The molecular weight excluding hydrogens is 408 g/mol. The summed E-state index contributed by atoms with van der Waals surface area (Å²) in [5, 5.41) is 2.72. The van der Waals surface area contributed by atoms with E-state index >= 15 is 0 Å². The summed E-state index contributed by atoms with van der Waals surface area (Å²) in [7, 11) is 0. The molecule has 0 radical (unpaired) electrons. The van der Waals surface area contributed by atoms with Crippen LogP contribution in [0.4, 0.5) is 0 Å². The number of benzene rings is 3. The quantitative estimate of drug-likeness (QED) is 0.239. The van der Waals surface area contributed by atoms with Crippen LogP contribution in [0.2, 0.25) is 0 Å². The van der Waals surface area contributed by atoms with Crippen molar-refractivity contribution in [3.8, 4) is 11.1 Å². The van der Waals surface area contributed by atoms with Gasteiger partial charge in [-0.2, -0.15) is 0 Å². The van der Waals surface area contributed by atoms with E-state index in [2.05, 4.69) is 74.5 Å². The molecule has 1 aliphatic carbocycles. The molecule has 1 saturated carbocycles. The molecule has 0 spiro atoms. The topological polar surface area (TPSA) is 0 Å². The van der Waals surface area contributed by atoms with E-state index in [1.54, 1.807) is 0 Å². The predicted octanol–water partition coefficient (Wildman–Crippen LogP) is 10.6. The Morgan fingerprint density at radius 3 is 1.85 bits per heavy atom. The molecule has 0 bridgehead atoms. The maximum Gasteiger partial charge on any atom is -0.0178 e. The summed E-state index contributed by atoms with van der Waals surface area (Å²) in [6, 6.07) is 23.4. The highest BCUT2D eigenvalue weighted by atomic mass is 14.3. The van der Waals surface area contributed by atoms with Crippen molar-refractivity contribution < 1.29 is 0 Å². The van der Waals surface area contributed by atoms with Gasteiger partial charge in [0, 0.05) is 0 Å². The molecule has 182 valence electrons. The highest BCUT2D eigenvalue weighted by Crippen LogP contribution is 2.34. The molecule has 1 aliphatic rings. The minimum atomic E-state index is 0.953. The summed E-state index contributed by atoms with van der Waals surface area (Å²) < 4.78 is 0. The Labute approximate surface area is 209 Å². The molecule has 4 rings (SSSR count). The fourth-order valence-corrected chi connectivity index (χ4v) is 5.94. The number of hydrogen-bond donors (Lipinski definition) is 0. The summed E-state index contributed by atoms with van der Waals surface area (Å²) >= 11 is 0. The van der Waals surface area contributed by atoms with Crippen LogP contribution in [-0.4, -0.2) is 0 Å². The zero-order valence-corrected chi connectivity index (χ0v) is 21.8.